The van der Waals surface area contributed by atoms with E-state index in [9.17, 15) is 4.79 Å². The highest BCUT2D eigenvalue weighted by Crippen LogP contribution is 2.30. The predicted octanol–water partition coefficient (Wildman–Crippen LogP) is 5.04. The number of carbonyl (C=O) groups excluding carboxylic acids is 1. The van der Waals surface area contributed by atoms with Crippen LogP contribution in [0.25, 0.3) is 16.4 Å². The van der Waals surface area contributed by atoms with Gasteiger partial charge in [0.1, 0.15) is 0 Å². The number of benzene rings is 2. The zero-order valence-electron chi connectivity index (χ0n) is 15.2. The molecule has 4 rings (SSSR count). The van der Waals surface area contributed by atoms with Crippen LogP contribution in [0.2, 0.25) is 0 Å². The number of nitrogens with one attached hydrogen (secondary N) is 1. The molecule has 0 bridgehead atoms. The van der Waals surface area contributed by atoms with Gasteiger partial charge in [-0.2, -0.15) is 0 Å². The number of aryl methyl sites for hydroxylation is 1. The number of carbonyl (C=O) groups is 1. The first-order valence-corrected chi connectivity index (χ1v) is 10.6. The van der Waals surface area contributed by atoms with Gasteiger partial charge in [0, 0.05) is 11.4 Å². The minimum atomic E-state index is -0.0698. The van der Waals surface area contributed by atoms with Crippen molar-refractivity contribution in [3.63, 3.8) is 0 Å². The molecular weight excluding hydrogens is 388 g/mol. The molecule has 0 radical (unpaired) electrons. The lowest BCUT2D eigenvalue weighted by Crippen LogP contribution is -2.15. The highest BCUT2D eigenvalue weighted by atomic mass is 32.2. The van der Waals surface area contributed by atoms with Crippen molar-refractivity contribution >= 4 is 34.7 Å². The molecule has 28 heavy (non-hydrogen) atoms. The summed E-state index contributed by atoms with van der Waals surface area (Å²) in [5, 5.41) is 14.4. The van der Waals surface area contributed by atoms with Gasteiger partial charge in [-0.3, -0.25) is 9.36 Å². The Morgan fingerprint density at radius 2 is 1.82 bits per heavy atom. The zero-order valence-corrected chi connectivity index (χ0v) is 16.8. The van der Waals surface area contributed by atoms with Gasteiger partial charge in [0.15, 0.2) is 11.0 Å². The van der Waals surface area contributed by atoms with Gasteiger partial charge in [-0.25, -0.2) is 0 Å². The molecule has 0 unspecified atom stereocenters. The lowest BCUT2D eigenvalue weighted by molar-refractivity contribution is -0.113. The highest BCUT2D eigenvalue weighted by molar-refractivity contribution is 7.99. The largest absolute Gasteiger partial charge is 0.325 e. The number of thiophene rings is 1. The van der Waals surface area contributed by atoms with Gasteiger partial charge in [-0.15, -0.1) is 21.5 Å². The molecule has 0 atom stereocenters. The summed E-state index contributed by atoms with van der Waals surface area (Å²) in [6.45, 7) is 1.97. The normalized spacial score (nSPS) is 10.8. The zero-order chi connectivity index (χ0) is 19.3. The van der Waals surface area contributed by atoms with Gasteiger partial charge in [0.2, 0.25) is 5.91 Å². The molecule has 5 nitrogen and oxygen atoms in total. The van der Waals surface area contributed by atoms with E-state index >= 15 is 0 Å². The smallest absolute Gasteiger partial charge is 0.234 e. The molecule has 7 heteroatoms. The SMILES string of the molecule is Cc1ccccc1NC(=O)CSc1nnc(-c2cccs2)n1-c1ccccc1. The van der Waals surface area contributed by atoms with Crippen molar-refractivity contribution in [3.8, 4) is 16.4 Å². The molecule has 0 saturated heterocycles. The van der Waals surface area contributed by atoms with Crippen molar-refractivity contribution in [1.29, 1.82) is 0 Å². The summed E-state index contributed by atoms with van der Waals surface area (Å²) in [7, 11) is 0. The van der Waals surface area contributed by atoms with E-state index in [1.807, 2.05) is 83.6 Å². The van der Waals surface area contributed by atoms with Crippen molar-refractivity contribution < 1.29 is 4.79 Å². The predicted molar refractivity (Wildman–Crippen MR) is 115 cm³/mol. The molecular formula is C21H18N4OS2. The summed E-state index contributed by atoms with van der Waals surface area (Å²) in [6, 6.07) is 21.7. The van der Waals surface area contributed by atoms with E-state index in [0.717, 1.165) is 27.6 Å². The van der Waals surface area contributed by atoms with E-state index in [1.165, 1.54) is 11.8 Å². The second-order valence-corrected chi connectivity index (χ2v) is 8.00. The molecule has 2 aromatic heterocycles. The summed E-state index contributed by atoms with van der Waals surface area (Å²) in [4.78, 5) is 13.5. The van der Waals surface area contributed by atoms with Gasteiger partial charge >= 0.3 is 0 Å². The molecule has 1 N–H and O–H groups in total. The second kappa shape index (κ2) is 8.41. The molecule has 2 heterocycles. The average Bonchev–Trinajstić information content (AvgIpc) is 3.38. The number of para-hydroxylation sites is 2. The Kier molecular flexibility index (Phi) is 5.55. The maximum atomic E-state index is 12.4. The average molecular weight is 407 g/mol. The molecule has 0 aliphatic carbocycles. The molecule has 1 amide bonds. The summed E-state index contributed by atoms with van der Waals surface area (Å²) in [6.07, 6.45) is 0. The molecule has 0 aliphatic rings. The van der Waals surface area contributed by atoms with Crippen LogP contribution in [0.3, 0.4) is 0 Å². The van der Waals surface area contributed by atoms with Crippen LogP contribution in [0.15, 0.2) is 77.3 Å². The van der Waals surface area contributed by atoms with Crippen molar-refractivity contribution in [1.82, 2.24) is 14.8 Å². The van der Waals surface area contributed by atoms with Crippen molar-refractivity contribution in [2.45, 2.75) is 12.1 Å². The van der Waals surface area contributed by atoms with Crippen LogP contribution in [0.1, 0.15) is 5.56 Å². The molecule has 0 saturated carbocycles. The van der Waals surface area contributed by atoms with Gasteiger partial charge in [-0.05, 0) is 42.1 Å². The van der Waals surface area contributed by atoms with E-state index in [0.29, 0.717) is 5.16 Å². The molecule has 2 aromatic carbocycles. The standard InChI is InChI=1S/C21H18N4OS2/c1-15-8-5-6-11-17(15)22-19(26)14-28-21-24-23-20(18-12-7-13-27-18)25(21)16-9-3-2-4-10-16/h2-13H,14H2,1H3,(H,22,26). The summed E-state index contributed by atoms with van der Waals surface area (Å²) >= 11 is 2.99. The Bertz CT molecular complexity index is 1080. The van der Waals surface area contributed by atoms with Crippen LogP contribution >= 0.6 is 23.1 Å². The van der Waals surface area contributed by atoms with Gasteiger partial charge in [0.05, 0.1) is 10.6 Å². The summed E-state index contributed by atoms with van der Waals surface area (Å²) in [5.41, 5.74) is 2.84. The number of thioether (sulfide) groups is 1. The van der Waals surface area contributed by atoms with Crippen LogP contribution in [0, 0.1) is 6.92 Å². The fourth-order valence-corrected chi connectivity index (χ4v) is 4.22. The summed E-state index contributed by atoms with van der Waals surface area (Å²) in [5.74, 6) is 0.964. The van der Waals surface area contributed by atoms with E-state index in [4.69, 9.17) is 0 Å². The lowest BCUT2D eigenvalue weighted by atomic mass is 10.2. The van der Waals surface area contributed by atoms with E-state index < -0.39 is 0 Å². The Morgan fingerprint density at radius 3 is 2.57 bits per heavy atom. The van der Waals surface area contributed by atoms with Crippen molar-refractivity contribution in [3.05, 3.63) is 77.7 Å². The van der Waals surface area contributed by atoms with E-state index in [2.05, 4.69) is 15.5 Å². The number of aromatic nitrogens is 3. The van der Waals surface area contributed by atoms with E-state index in [-0.39, 0.29) is 11.7 Å². The number of amides is 1. The fourth-order valence-electron chi connectivity index (χ4n) is 2.77. The third-order valence-electron chi connectivity index (χ3n) is 4.14. The Morgan fingerprint density at radius 1 is 1.04 bits per heavy atom. The lowest BCUT2D eigenvalue weighted by Gasteiger charge is -2.10. The topological polar surface area (TPSA) is 59.8 Å². The summed E-state index contributed by atoms with van der Waals surface area (Å²) < 4.78 is 2.00. The Labute approximate surface area is 171 Å². The highest BCUT2D eigenvalue weighted by Gasteiger charge is 2.18. The van der Waals surface area contributed by atoms with Crippen LogP contribution in [0.5, 0.6) is 0 Å². The van der Waals surface area contributed by atoms with Crippen LogP contribution in [-0.2, 0) is 4.79 Å². The minimum absolute atomic E-state index is 0.0698. The monoisotopic (exact) mass is 406 g/mol. The van der Waals surface area contributed by atoms with E-state index in [1.54, 1.807) is 11.3 Å². The van der Waals surface area contributed by atoms with Crippen LogP contribution < -0.4 is 5.32 Å². The van der Waals surface area contributed by atoms with Gasteiger partial charge in [0.25, 0.3) is 0 Å². The third-order valence-corrected chi connectivity index (χ3v) is 5.94. The van der Waals surface area contributed by atoms with Gasteiger partial charge < -0.3 is 5.32 Å². The maximum absolute atomic E-state index is 12.4. The quantitative estimate of drug-likeness (QED) is 0.456. The number of anilines is 1. The molecule has 0 fully saturated rings. The number of hydrogen-bond acceptors (Lipinski definition) is 5. The maximum Gasteiger partial charge on any atom is 0.234 e. The number of nitrogens with zero attached hydrogens (tertiary/aromatic N) is 3. The molecule has 0 spiro atoms. The first-order valence-electron chi connectivity index (χ1n) is 8.75. The number of rotatable bonds is 6. The fraction of sp³-hybridized carbons (Fsp3) is 0.0952. The minimum Gasteiger partial charge on any atom is -0.325 e. The van der Waals surface area contributed by atoms with Crippen molar-refractivity contribution in [2.24, 2.45) is 0 Å². The van der Waals surface area contributed by atoms with Crippen LogP contribution in [0.4, 0.5) is 5.69 Å². The molecule has 0 aliphatic heterocycles. The van der Waals surface area contributed by atoms with Gasteiger partial charge in [-0.1, -0.05) is 54.2 Å². The number of hydrogen-bond donors (Lipinski definition) is 1. The third kappa shape index (κ3) is 4.00. The molecule has 4 aromatic rings. The van der Waals surface area contributed by atoms with Crippen LogP contribution in [-0.4, -0.2) is 26.4 Å². The second-order valence-electron chi connectivity index (χ2n) is 6.11. The first-order chi connectivity index (χ1) is 13.7. The Balaban J connectivity index is 1.56. The van der Waals surface area contributed by atoms with Crippen molar-refractivity contribution in [2.75, 3.05) is 11.1 Å². The Hall–Kier alpha value is -2.90. The first kappa shape index (κ1) is 18.5. The molecule has 140 valence electrons.